The number of benzene rings is 1. The number of hydrogen-bond donors (Lipinski definition) is 1. The molecule has 0 spiro atoms. The molecule has 1 aromatic carbocycles. The molecule has 0 aliphatic rings. The molecule has 3 rings (SSSR count). The van der Waals surface area contributed by atoms with Gasteiger partial charge >= 0.3 is 6.18 Å². The first-order valence-corrected chi connectivity index (χ1v) is 8.46. The van der Waals surface area contributed by atoms with Crippen LogP contribution in [0, 0.1) is 20.8 Å². The molecule has 2 heterocycles. The van der Waals surface area contributed by atoms with Gasteiger partial charge in [0.05, 0.1) is 35.8 Å². The minimum Gasteiger partial charge on any atom is -0.323 e. The van der Waals surface area contributed by atoms with Crippen LogP contribution in [0.1, 0.15) is 28.3 Å². The van der Waals surface area contributed by atoms with E-state index in [1.54, 1.807) is 0 Å². The normalized spacial score (nSPS) is 11.5. The van der Waals surface area contributed by atoms with Crippen molar-refractivity contribution in [2.24, 2.45) is 0 Å². The Kier molecular flexibility index (Phi) is 5.17. The van der Waals surface area contributed by atoms with Crippen molar-refractivity contribution in [3.05, 3.63) is 65.0 Å². The number of amides is 1. The number of aryl methyl sites for hydroxylation is 2. The Balaban J connectivity index is 1.66. The van der Waals surface area contributed by atoms with Crippen molar-refractivity contribution in [2.75, 3.05) is 5.32 Å². The molecule has 0 saturated heterocycles. The highest BCUT2D eigenvalue weighted by molar-refractivity contribution is 5.91. The lowest BCUT2D eigenvalue weighted by Gasteiger charge is -2.09. The fraction of sp³-hybridized carbons (Fsp3) is 0.263. The number of carbonyl (C=O) groups is 1. The van der Waals surface area contributed by atoms with Gasteiger partial charge in [-0.2, -0.15) is 13.2 Å². The number of aromatic nitrogens is 4. The molecule has 1 amide bonds. The predicted octanol–water partition coefficient (Wildman–Crippen LogP) is 3.79. The quantitative estimate of drug-likeness (QED) is 0.737. The first-order chi connectivity index (χ1) is 13.1. The van der Waals surface area contributed by atoms with Crippen LogP contribution < -0.4 is 5.32 Å². The van der Waals surface area contributed by atoms with E-state index in [1.165, 1.54) is 24.5 Å². The van der Waals surface area contributed by atoms with Gasteiger partial charge in [0.2, 0.25) is 11.9 Å². The van der Waals surface area contributed by atoms with Crippen molar-refractivity contribution >= 4 is 11.6 Å². The van der Waals surface area contributed by atoms with Crippen LogP contribution >= 0.6 is 0 Å². The molecule has 0 saturated carbocycles. The second-order valence-electron chi connectivity index (χ2n) is 6.36. The SMILES string of the molecule is Cc1nc(C)n(-c2ncc(NC(=O)Cc3ccc(C(F)(F)F)cc3)cn2)c1C. The average Bonchev–Trinajstić information content (AvgIpc) is 2.87. The standard InChI is InChI=1S/C19H18F3N5O/c1-11-12(2)27(13(3)25-11)18-23-9-16(10-24-18)26-17(28)8-14-4-6-15(7-5-14)19(20,21)22/h4-7,9-10H,8H2,1-3H3,(H,26,28). The summed E-state index contributed by atoms with van der Waals surface area (Å²) >= 11 is 0. The second-order valence-corrected chi connectivity index (χ2v) is 6.36. The molecule has 2 aromatic heterocycles. The van der Waals surface area contributed by atoms with Gasteiger partial charge in [-0.15, -0.1) is 0 Å². The number of nitrogens with zero attached hydrogens (tertiary/aromatic N) is 4. The molecular formula is C19H18F3N5O. The topological polar surface area (TPSA) is 72.7 Å². The molecular weight excluding hydrogens is 371 g/mol. The van der Waals surface area contributed by atoms with Gasteiger partial charge in [-0.1, -0.05) is 12.1 Å². The van der Waals surface area contributed by atoms with Crippen molar-refractivity contribution in [2.45, 2.75) is 33.4 Å². The number of nitrogens with one attached hydrogen (secondary N) is 1. The van der Waals surface area contributed by atoms with E-state index in [1.807, 2.05) is 25.3 Å². The first kappa shape index (κ1) is 19.5. The lowest BCUT2D eigenvalue weighted by atomic mass is 10.1. The fourth-order valence-electron chi connectivity index (χ4n) is 2.78. The lowest BCUT2D eigenvalue weighted by molar-refractivity contribution is -0.137. The molecule has 0 bridgehead atoms. The summed E-state index contributed by atoms with van der Waals surface area (Å²) in [6.07, 6.45) is -1.51. The summed E-state index contributed by atoms with van der Waals surface area (Å²) in [5.74, 6) is 0.826. The molecule has 0 unspecified atom stereocenters. The van der Waals surface area contributed by atoms with E-state index in [-0.39, 0.29) is 12.3 Å². The number of rotatable bonds is 4. The van der Waals surface area contributed by atoms with E-state index in [4.69, 9.17) is 0 Å². The van der Waals surface area contributed by atoms with E-state index in [0.717, 1.165) is 29.3 Å². The highest BCUT2D eigenvalue weighted by Crippen LogP contribution is 2.29. The van der Waals surface area contributed by atoms with E-state index in [2.05, 4.69) is 20.3 Å². The van der Waals surface area contributed by atoms with Crippen LogP contribution in [0.3, 0.4) is 0 Å². The first-order valence-electron chi connectivity index (χ1n) is 8.46. The number of halogens is 3. The van der Waals surface area contributed by atoms with Gasteiger partial charge in [-0.3, -0.25) is 9.36 Å². The summed E-state index contributed by atoms with van der Waals surface area (Å²) in [4.78, 5) is 25.0. The summed E-state index contributed by atoms with van der Waals surface area (Å²) in [6.45, 7) is 5.66. The van der Waals surface area contributed by atoms with Crippen LogP contribution in [-0.4, -0.2) is 25.4 Å². The minimum atomic E-state index is -4.40. The Hall–Kier alpha value is -3.23. The maximum absolute atomic E-state index is 12.6. The Bertz CT molecular complexity index is 992. The third-order valence-electron chi connectivity index (χ3n) is 4.28. The van der Waals surface area contributed by atoms with Crippen LogP contribution in [0.15, 0.2) is 36.7 Å². The van der Waals surface area contributed by atoms with Crippen LogP contribution in [0.4, 0.5) is 18.9 Å². The molecule has 0 aliphatic carbocycles. The molecule has 3 aromatic rings. The molecule has 146 valence electrons. The largest absolute Gasteiger partial charge is 0.416 e. The van der Waals surface area contributed by atoms with Gasteiger partial charge in [0.15, 0.2) is 0 Å². The van der Waals surface area contributed by atoms with Crippen molar-refractivity contribution in [3.8, 4) is 5.95 Å². The monoisotopic (exact) mass is 389 g/mol. The summed E-state index contributed by atoms with van der Waals surface area (Å²) in [5.41, 5.74) is 1.93. The molecule has 0 radical (unpaired) electrons. The Morgan fingerprint density at radius 3 is 2.18 bits per heavy atom. The summed E-state index contributed by atoms with van der Waals surface area (Å²) < 4.78 is 39.5. The maximum atomic E-state index is 12.6. The van der Waals surface area contributed by atoms with Gasteiger partial charge in [0.25, 0.3) is 0 Å². The van der Waals surface area contributed by atoms with Crippen LogP contribution in [0.25, 0.3) is 5.95 Å². The third kappa shape index (κ3) is 4.19. The van der Waals surface area contributed by atoms with Crippen LogP contribution in [0.2, 0.25) is 0 Å². The molecule has 9 heteroatoms. The lowest BCUT2D eigenvalue weighted by Crippen LogP contribution is -2.15. The zero-order valence-corrected chi connectivity index (χ0v) is 15.5. The molecule has 0 fully saturated rings. The number of carbonyl (C=O) groups excluding carboxylic acids is 1. The van der Waals surface area contributed by atoms with Gasteiger partial charge in [-0.05, 0) is 38.5 Å². The van der Waals surface area contributed by atoms with Gasteiger partial charge < -0.3 is 5.32 Å². The van der Waals surface area contributed by atoms with Crippen molar-refractivity contribution in [3.63, 3.8) is 0 Å². The number of hydrogen-bond acceptors (Lipinski definition) is 4. The maximum Gasteiger partial charge on any atom is 0.416 e. The smallest absolute Gasteiger partial charge is 0.323 e. The van der Waals surface area contributed by atoms with Crippen LogP contribution in [-0.2, 0) is 17.4 Å². The van der Waals surface area contributed by atoms with Crippen molar-refractivity contribution in [1.82, 2.24) is 19.5 Å². The van der Waals surface area contributed by atoms with Gasteiger partial charge in [0, 0.05) is 5.69 Å². The Morgan fingerprint density at radius 2 is 1.68 bits per heavy atom. The molecule has 0 atom stereocenters. The van der Waals surface area contributed by atoms with E-state index < -0.39 is 11.7 Å². The Morgan fingerprint density at radius 1 is 1.07 bits per heavy atom. The zero-order valence-electron chi connectivity index (χ0n) is 15.5. The Labute approximate surface area is 159 Å². The van der Waals surface area contributed by atoms with Gasteiger partial charge in [-0.25, -0.2) is 15.0 Å². The summed E-state index contributed by atoms with van der Waals surface area (Å²) in [7, 11) is 0. The molecule has 1 N–H and O–H groups in total. The number of alkyl halides is 3. The summed E-state index contributed by atoms with van der Waals surface area (Å²) in [5, 5.41) is 2.64. The molecule has 6 nitrogen and oxygen atoms in total. The van der Waals surface area contributed by atoms with Crippen LogP contribution in [0.5, 0.6) is 0 Å². The average molecular weight is 389 g/mol. The van der Waals surface area contributed by atoms with Crippen molar-refractivity contribution in [1.29, 1.82) is 0 Å². The van der Waals surface area contributed by atoms with E-state index >= 15 is 0 Å². The highest BCUT2D eigenvalue weighted by atomic mass is 19.4. The number of imidazole rings is 1. The fourth-order valence-corrected chi connectivity index (χ4v) is 2.78. The van der Waals surface area contributed by atoms with E-state index in [0.29, 0.717) is 17.2 Å². The predicted molar refractivity (Wildman–Crippen MR) is 97.1 cm³/mol. The van der Waals surface area contributed by atoms with E-state index in [9.17, 15) is 18.0 Å². The number of anilines is 1. The molecule has 0 aliphatic heterocycles. The van der Waals surface area contributed by atoms with Crippen molar-refractivity contribution < 1.29 is 18.0 Å². The second kappa shape index (κ2) is 7.41. The third-order valence-corrected chi connectivity index (χ3v) is 4.28. The minimum absolute atomic E-state index is 0.0567. The highest BCUT2D eigenvalue weighted by Gasteiger charge is 2.29. The molecule has 28 heavy (non-hydrogen) atoms. The van der Waals surface area contributed by atoms with Gasteiger partial charge in [0.1, 0.15) is 5.82 Å². The zero-order chi connectivity index (χ0) is 20.5. The summed E-state index contributed by atoms with van der Waals surface area (Å²) in [6, 6.07) is 4.49.